The standard InChI is InChI=1S/C14H11FN4O/c1-8(20)13-12(9-2-4-10(15)5-3-9)18-14-11(16)6-17-7-19(13)14/h2-7H,16H2,1H3. The Balaban J connectivity index is 2.35. The molecule has 6 heteroatoms. The molecule has 0 aliphatic rings. The molecule has 0 unspecified atom stereocenters. The van der Waals surface area contributed by atoms with E-state index in [9.17, 15) is 9.18 Å². The van der Waals surface area contributed by atoms with E-state index in [-0.39, 0.29) is 11.6 Å². The van der Waals surface area contributed by atoms with Crippen molar-refractivity contribution in [2.75, 3.05) is 5.73 Å². The Bertz CT molecular complexity index is 808. The molecule has 0 aliphatic heterocycles. The van der Waals surface area contributed by atoms with Crippen molar-refractivity contribution in [3.05, 3.63) is 48.3 Å². The minimum Gasteiger partial charge on any atom is -0.394 e. The molecule has 20 heavy (non-hydrogen) atoms. The van der Waals surface area contributed by atoms with Crippen LogP contribution in [0.15, 0.2) is 36.8 Å². The van der Waals surface area contributed by atoms with E-state index in [0.717, 1.165) is 0 Å². The first-order valence-corrected chi connectivity index (χ1v) is 5.96. The number of anilines is 1. The van der Waals surface area contributed by atoms with Gasteiger partial charge >= 0.3 is 0 Å². The third-order valence-corrected chi connectivity index (χ3v) is 3.02. The molecule has 0 saturated carbocycles. The average molecular weight is 270 g/mol. The lowest BCUT2D eigenvalue weighted by atomic mass is 10.1. The van der Waals surface area contributed by atoms with Gasteiger partial charge < -0.3 is 5.73 Å². The monoisotopic (exact) mass is 270 g/mol. The van der Waals surface area contributed by atoms with Crippen LogP contribution in [-0.2, 0) is 0 Å². The van der Waals surface area contributed by atoms with Crippen molar-refractivity contribution < 1.29 is 9.18 Å². The molecule has 0 fully saturated rings. The zero-order valence-corrected chi connectivity index (χ0v) is 10.7. The molecular weight excluding hydrogens is 259 g/mol. The number of carbonyl (C=O) groups is 1. The summed E-state index contributed by atoms with van der Waals surface area (Å²) in [4.78, 5) is 20.2. The number of nitrogen functional groups attached to an aromatic ring is 1. The number of halogens is 1. The molecule has 0 saturated heterocycles. The SMILES string of the molecule is CC(=O)c1c(-c2ccc(F)cc2)nc2c(N)cncn12. The summed E-state index contributed by atoms with van der Waals surface area (Å²) in [5.74, 6) is -0.507. The van der Waals surface area contributed by atoms with Gasteiger partial charge in [0, 0.05) is 12.5 Å². The summed E-state index contributed by atoms with van der Waals surface area (Å²) in [7, 11) is 0. The summed E-state index contributed by atoms with van der Waals surface area (Å²) >= 11 is 0. The number of benzene rings is 1. The lowest BCUT2D eigenvalue weighted by Crippen LogP contribution is -2.02. The van der Waals surface area contributed by atoms with Gasteiger partial charge in [-0.1, -0.05) is 0 Å². The molecule has 100 valence electrons. The molecule has 3 rings (SSSR count). The maximum atomic E-state index is 13.0. The summed E-state index contributed by atoms with van der Waals surface area (Å²) in [6, 6.07) is 5.80. The number of carbonyl (C=O) groups excluding carboxylic acids is 1. The Morgan fingerprint density at radius 3 is 2.65 bits per heavy atom. The molecule has 2 heterocycles. The van der Waals surface area contributed by atoms with Crippen molar-refractivity contribution in [3.63, 3.8) is 0 Å². The number of rotatable bonds is 2. The number of imidazole rings is 1. The lowest BCUT2D eigenvalue weighted by molar-refractivity contribution is 0.101. The van der Waals surface area contributed by atoms with Crippen LogP contribution in [0.1, 0.15) is 17.4 Å². The average Bonchev–Trinajstić information content (AvgIpc) is 2.80. The Kier molecular flexibility index (Phi) is 2.71. The van der Waals surface area contributed by atoms with Gasteiger partial charge in [-0.05, 0) is 24.3 Å². The van der Waals surface area contributed by atoms with Gasteiger partial charge in [0.1, 0.15) is 23.5 Å². The highest BCUT2D eigenvalue weighted by atomic mass is 19.1. The molecule has 0 bridgehead atoms. The van der Waals surface area contributed by atoms with Crippen molar-refractivity contribution >= 4 is 17.1 Å². The topological polar surface area (TPSA) is 73.3 Å². The highest BCUT2D eigenvalue weighted by Crippen LogP contribution is 2.26. The smallest absolute Gasteiger partial charge is 0.178 e. The van der Waals surface area contributed by atoms with Crippen molar-refractivity contribution in [2.24, 2.45) is 0 Å². The van der Waals surface area contributed by atoms with E-state index in [0.29, 0.717) is 28.3 Å². The highest BCUT2D eigenvalue weighted by molar-refractivity contribution is 6.00. The van der Waals surface area contributed by atoms with E-state index in [2.05, 4.69) is 9.97 Å². The van der Waals surface area contributed by atoms with Crippen molar-refractivity contribution in [1.82, 2.24) is 14.4 Å². The zero-order chi connectivity index (χ0) is 14.3. The number of Topliss-reactive ketones (excluding diaryl/α,β-unsaturated/α-hetero) is 1. The Hall–Kier alpha value is -2.76. The summed E-state index contributed by atoms with van der Waals surface area (Å²) in [5, 5.41) is 0. The van der Waals surface area contributed by atoms with Crippen LogP contribution in [0.3, 0.4) is 0 Å². The van der Waals surface area contributed by atoms with E-state index in [1.165, 1.54) is 31.6 Å². The van der Waals surface area contributed by atoms with Crippen LogP contribution < -0.4 is 5.73 Å². The summed E-state index contributed by atoms with van der Waals surface area (Å²) in [6.45, 7) is 1.44. The summed E-state index contributed by atoms with van der Waals surface area (Å²) in [6.07, 6.45) is 2.96. The third kappa shape index (κ3) is 1.82. The molecule has 2 N–H and O–H groups in total. The van der Waals surface area contributed by atoms with Crippen LogP contribution >= 0.6 is 0 Å². The molecule has 1 aromatic carbocycles. The summed E-state index contributed by atoms with van der Waals surface area (Å²) in [5.41, 5.74) is 8.17. The first kappa shape index (κ1) is 12.3. The first-order chi connectivity index (χ1) is 9.58. The minimum atomic E-state index is -0.344. The Morgan fingerprint density at radius 1 is 1.30 bits per heavy atom. The van der Waals surface area contributed by atoms with E-state index in [1.54, 1.807) is 16.5 Å². The van der Waals surface area contributed by atoms with E-state index >= 15 is 0 Å². The molecule has 3 aromatic rings. The predicted octanol–water partition coefficient (Wildman–Crippen LogP) is 2.32. The maximum Gasteiger partial charge on any atom is 0.178 e. The summed E-state index contributed by atoms with van der Waals surface area (Å²) < 4.78 is 14.6. The predicted molar refractivity (Wildman–Crippen MR) is 72.8 cm³/mol. The van der Waals surface area contributed by atoms with E-state index in [1.807, 2.05) is 0 Å². The third-order valence-electron chi connectivity index (χ3n) is 3.02. The van der Waals surface area contributed by atoms with Crippen molar-refractivity contribution in [1.29, 1.82) is 0 Å². The number of nitrogens with zero attached hydrogens (tertiary/aromatic N) is 3. The van der Waals surface area contributed by atoms with E-state index < -0.39 is 0 Å². The molecule has 2 aromatic heterocycles. The second-order valence-electron chi connectivity index (χ2n) is 4.41. The van der Waals surface area contributed by atoms with Crippen molar-refractivity contribution in [2.45, 2.75) is 6.92 Å². The van der Waals surface area contributed by atoms with Gasteiger partial charge in [0.2, 0.25) is 0 Å². The van der Waals surface area contributed by atoms with Gasteiger partial charge in [0.05, 0.1) is 11.9 Å². The largest absolute Gasteiger partial charge is 0.394 e. The first-order valence-electron chi connectivity index (χ1n) is 5.96. The fraction of sp³-hybridized carbons (Fsp3) is 0.0714. The van der Waals surface area contributed by atoms with Gasteiger partial charge in [0.25, 0.3) is 0 Å². The van der Waals surface area contributed by atoms with E-state index in [4.69, 9.17) is 5.73 Å². The Morgan fingerprint density at radius 2 is 2.00 bits per heavy atom. The maximum absolute atomic E-state index is 13.0. The number of fused-ring (bicyclic) bond motifs is 1. The van der Waals surface area contributed by atoms with Crippen LogP contribution in [0.4, 0.5) is 10.1 Å². The quantitative estimate of drug-likeness (QED) is 0.725. The van der Waals surface area contributed by atoms with Crippen LogP contribution in [0.2, 0.25) is 0 Å². The van der Waals surface area contributed by atoms with Gasteiger partial charge in [-0.2, -0.15) is 0 Å². The molecular formula is C14H11FN4O. The molecule has 0 amide bonds. The zero-order valence-electron chi connectivity index (χ0n) is 10.7. The van der Waals surface area contributed by atoms with Gasteiger partial charge in [0.15, 0.2) is 11.4 Å². The second kappa shape index (κ2) is 4.41. The lowest BCUT2D eigenvalue weighted by Gasteiger charge is -2.01. The molecule has 0 aliphatic carbocycles. The van der Waals surface area contributed by atoms with Crippen LogP contribution in [0.5, 0.6) is 0 Å². The Labute approximate surface area is 113 Å². The number of aromatic nitrogens is 3. The van der Waals surface area contributed by atoms with Gasteiger partial charge in [-0.25, -0.2) is 14.4 Å². The molecule has 0 spiro atoms. The van der Waals surface area contributed by atoms with Crippen molar-refractivity contribution in [3.8, 4) is 11.3 Å². The number of nitrogens with two attached hydrogens (primary N) is 1. The van der Waals surface area contributed by atoms with Gasteiger partial charge in [-0.3, -0.25) is 9.20 Å². The molecule has 5 nitrogen and oxygen atoms in total. The highest BCUT2D eigenvalue weighted by Gasteiger charge is 2.18. The second-order valence-corrected chi connectivity index (χ2v) is 4.41. The molecule has 0 atom stereocenters. The fourth-order valence-electron chi connectivity index (χ4n) is 2.13. The van der Waals surface area contributed by atoms with Crippen LogP contribution in [0.25, 0.3) is 16.9 Å². The molecule has 0 radical (unpaired) electrons. The van der Waals surface area contributed by atoms with Crippen LogP contribution in [0, 0.1) is 5.82 Å². The normalized spacial score (nSPS) is 10.9. The minimum absolute atomic E-state index is 0.163. The van der Waals surface area contributed by atoms with Crippen LogP contribution in [-0.4, -0.2) is 20.2 Å². The van der Waals surface area contributed by atoms with Gasteiger partial charge in [-0.15, -0.1) is 0 Å². The number of hydrogen-bond donors (Lipinski definition) is 1. The number of hydrogen-bond acceptors (Lipinski definition) is 4. The number of ketones is 1. The fourth-order valence-corrected chi connectivity index (χ4v) is 2.13.